The van der Waals surface area contributed by atoms with E-state index in [9.17, 15) is 9.18 Å². The maximum Gasteiger partial charge on any atom is 0.242 e. The first-order chi connectivity index (χ1) is 15.9. The van der Waals surface area contributed by atoms with Crippen molar-refractivity contribution in [3.05, 3.63) is 107 Å². The van der Waals surface area contributed by atoms with Crippen molar-refractivity contribution in [2.24, 2.45) is 0 Å². The number of amides is 1. The fourth-order valence-corrected chi connectivity index (χ4v) is 4.56. The molecule has 33 heavy (non-hydrogen) atoms. The Bertz CT molecular complexity index is 1250. The highest BCUT2D eigenvalue weighted by Gasteiger charge is 2.26. The molecule has 1 atom stereocenters. The Morgan fingerprint density at radius 3 is 2.39 bits per heavy atom. The summed E-state index contributed by atoms with van der Waals surface area (Å²) >= 11 is 1.20. The number of aryl methyl sites for hydroxylation is 2. The van der Waals surface area contributed by atoms with E-state index in [0.717, 1.165) is 22.4 Å². The first-order valence-corrected chi connectivity index (χ1v) is 11.3. The van der Waals surface area contributed by atoms with Gasteiger partial charge in [0.2, 0.25) is 11.1 Å². The maximum absolute atomic E-state index is 14.1. The number of hydrogen-bond acceptors (Lipinski definition) is 5. The van der Waals surface area contributed by atoms with Gasteiger partial charge in [-0.05, 0) is 54.3 Å². The molecule has 168 valence electrons. The molecule has 0 saturated heterocycles. The number of rotatable bonds is 7. The Balaban J connectivity index is 1.59. The van der Waals surface area contributed by atoms with Gasteiger partial charge in [-0.2, -0.15) is 0 Å². The molecule has 0 spiro atoms. The minimum Gasteiger partial charge on any atom is -0.336 e. The molecule has 1 aromatic heterocycles. The van der Waals surface area contributed by atoms with Crippen LogP contribution in [0.25, 0.3) is 0 Å². The van der Waals surface area contributed by atoms with Gasteiger partial charge < -0.3 is 11.2 Å². The van der Waals surface area contributed by atoms with E-state index in [1.165, 1.54) is 22.5 Å². The summed E-state index contributed by atoms with van der Waals surface area (Å²) in [5.74, 6) is 6.12. The predicted octanol–water partition coefficient (Wildman–Crippen LogP) is 4.81. The Labute approximate surface area is 196 Å². The Morgan fingerprint density at radius 2 is 1.70 bits per heavy atom. The number of thioether (sulfide) groups is 1. The molecule has 0 bridgehead atoms. The van der Waals surface area contributed by atoms with Crippen molar-refractivity contribution in [3.63, 3.8) is 0 Å². The fourth-order valence-electron chi connectivity index (χ4n) is 3.58. The van der Waals surface area contributed by atoms with Crippen molar-refractivity contribution in [1.29, 1.82) is 0 Å². The first-order valence-electron chi connectivity index (χ1n) is 10.4. The van der Waals surface area contributed by atoms with Crippen LogP contribution in [0.1, 0.15) is 33.3 Å². The van der Waals surface area contributed by atoms with Gasteiger partial charge in [-0.15, -0.1) is 10.2 Å². The van der Waals surface area contributed by atoms with Crippen molar-refractivity contribution in [1.82, 2.24) is 14.9 Å². The topological polar surface area (TPSA) is 85.8 Å². The van der Waals surface area contributed by atoms with Crippen LogP contribution in [0.2, 0.25) is 0 Å². The average molecular weight is 462 g/mol. The second-order valence-electron chi connectivity index (χ2n) is 7.81. The van der Waals surface area contributed by atoms with Crippen LogP contribution in [0.4, 0.5) is 10.1 Å². The molecule has 0 radical (unpaired) electrons. The van der Waals surface area contributed by atoms with Crippen molar-refractivity contribution >= 4 is 23.4 Å². The molecule has 6 nitrogen and oxygen atoms in total. The second kappa shape index (κ2) is 9.87. The zero-order chi connectivity index (χ0) is 23.4. The monoisotopic (exact) mass is 461 g/mol. The number of halogens is 1. The summed E-state index contributed by atoms with van der Waals surface area (Å²) in [6.07, 6.45) is 0.196. The molecule has 0 aliphatic carbocycles. The van der Waals surface area contributed by atoms with Gasteiger partial charge >= 0.3 is 0 Å². The number of carbonyl (C=O) groups is 1. The lowest BCUT2D eigenvalue weighted by molar-refractivity contribution is -0.115. The molecule has 0 aliphatic rings. The number of nitrogens with one attached hydrogen (secondary N) is 1. The van der Waals surface area contributed by atoms with Crippen LogP contribution in [-0.4, -0.2) is 20.8 Å². The number of benzene rings is 3. The average Bonchev–Trinajstić information content (AvgIpc) is 3.12. The summed E-state index contributed by atoms with van der Waals surface area (Å²) in [4.78, 5) is 13.3. The van der Waals surface area contributed by atoms with Gasteiger partial charge in [-0.25, -0.2) is 9.07 Å². The van der Waals surface area contributed by atoms with E-state index in [1.54, 1.807) is 18.2 Å². The summed E-state index contributed by atoms with van der Waals surface area (Å²) < 4.78 is 15.4. The van der Waals surface area contributed by atoms with Crippen molar-refractivity contribution in [3.8, 4) is 0 Å². The van der Waals surface area contributed by atoms with Gasteiger partial charge in [-0.1, -0.05) is 66.4 Å². The first kappa shape index (κ1) is 22.5. The number of hydrogen-bond donors (Lipinski definition) is 2. The summed E-state index contributed by atoms with van der Waals surface area (Å²) in [5.41, 5.74) is 4.14. The Morgan fingerprint density at radius 1 is 1.03 bits per heavy atom. The number of nitrogens with zero attached hydrogens (tertiary/aromatic N) is 3. The van der Waals surface area contributed by atoms with E-state index in [2.05, 4.69) is 15.5 Å². The lowest BCUT2D eigenvalue weighted by atomic mass is 10.1. The molecule has 3 N–H and O–H groups in total. The summed E-state index contributed by atoms with van der Waals surface area (Å²) in [6, 6.07) is 21.8. The number of nitrogens with two attached hydrogens (primary N) is 1. The molecule has 1 amide bonds. The van der Waals surface area contributed by atoms with E-state index in [1.807, 2.05) is 62.4 Å². The van der Waals surface area contributed by atoms with Crippen molar-refractivity contribution in [2.75, 3.05) is 11.2 Å². The molecule has 0 fully saturated rings. The third kappa shape index (κ3) is 5.40. The van der Waals surface area contributed by atoms with E-state index >= 15 is 0 Å². The van der Waals surface area contributed by atoms with Crippen LogP contribution >= 0.6 is 11.8 Å². The van der Waals surface area contributed by atoms with E-state index < -0.39 is 5.25 Å². The normalized spacial score (nSPS) is 11.8. The molecular weight excluding hydrogens is 437 g/mol. The standard InChI is InChI=1S/C25H24FN5OS/c1-16-12-17(2)14-20(13-16)28-24(32)23(18-8-4-3-5-9-18)33-25-30-29-22(31(25)27)15-19-10-6-7-11-21(19)26/h3-14,23H,15,27H2,1-2H3,(H,28,32)/t23-/m0/s1. The quantitative estimate of drug-likeness (QED) is 0.305. The van der Waals surface area contributed by atoms with E-state index in [-0.39, 0.29) is 18.1 Å². The maximum atomic E-state index is 14.1. The fraction of sp³-hybridized carbons (Fsp3) is 0.160. The van der Waals surface area contributed by atoms with Crippen LogP contribution < -0.4 is 11.2 Å². The number of aromatic nitrogens is 3. The molecule has 3 aromatic carbocycles. The molecule has 4 aromatic rings. The number of anilines is 1. The Kier molecular flexibility index (Phi) is 6.74. The van der Waals surface area contributed by atoms with Gasteiger partial charge in [0.15, 0.2) is 5.82 Å². The Hall–Kier alpha value is -3.65. The molecule has 4 rings (SSSR count). The van der Waals surface area contributed by atoms with Crippen LogP contribution in [0.15, 0.2) is 78.0 Å². The lowest BCUT2D eigenvalue weighted by Crippen LogP contribution is -2.21. The van der Waals surface area contributed by atoms with Crippen LogP contribution in [0.5, 0.6) is 0 Å². The molecule has 1 heterocycles. The van der Waals surface area contributed by atoms with Gasteiger partial charge in [0.05, 0.1) is 0 Å². The van der Waals surface area contributed by atoms with Crippen LogP contribution in [0.3, 0.4) is 0 Å². The summed E-state index contributed by atoms with van der Waals surface area (Å²) in [5, 5.41) is 11.1. The highest BCUT2D eigenvalue weighted by Crippen LogP contribution is 2.35. The van der Waals surface area contributed by atoms with E-state index in [0.29, 0.717) is 16.5 Å². The van der Waals surface area contributed by atoms with E-state index in [4.69, 9.17) is 5.84 Å². The molecule has 0 unspecified atom stereocenters. The highest BCUT2D eigenvalue weighted by molar-refractivity contribution is 8.00. The molecule has 0 saturated carbocycles. The third-order valence-electron chi connectivity index (χ3n) is 5.09. The van der Waals surface area contributed by atoms with Gasteiger partial charge in [0.25, 0.3) is 0 Å². The zero-order valence-corrected chi connectivity index (χ0v) is 19.1. The molecular formula is C25H24FN5OS. The summed E-state index contributed by atoms with van der Waals surface area (Å²) in [7, 11) is 0. The molecule has 0 aliphatic heterocycles. The zero-order valence-electron chi connectivity index (χ0n) is 18.3. The predicted molar refractivity (Wildman–Crippen MR) is 129 cm³/mol. The third-order valence-corrected chi connectivity index (χ3v) is 6.31. The van der Waals surface area contributed by atoms with Crippen molar-refractivity contribution in [2.45, 2.75) is 30.7 Å². The van der Waals surface area contributed by atoms with Crippen molar-refractivity contribution < 1.29 is 9.18 Å². The van der Waals surface area contributed by atoms with Gasteiger partial charge in [-0.3, -0.25) is 4.79 Å². The van der Waals surface area contributed by atoms with Crippen LogP contribution in [0, 0.1) is 19.7 Å². The highest BCUT2D eigenvalue weighted by atomic mass is 32.2. The lowest BCUT2D eigenvalue weighted by Gasteiger charge is -2.17. The van der Waals surface area contributed by atoms with Gasteiger partial charge in [0, 0.05) is 12.1 Å². The smallest absolute Gasteiger partial charge is 0.242 e. The number of nitrogen functional groups attached to an aromatic ring is 1. The minimum absolute atomic E-state index is 0.196. The summed E-state index contributed by atoms with van der Waals surface area (Å²) in [6.45, 7) is 3.97. The van der Waals surface area contributed by atoms with Crippen LogP contribution in [-0.2, 0) is 11.2 Å². The second-order valence-corrected chi connectivity index (χ2v) is 8.88. The SMILES string of the molecule is Cc1cc(C)cc(NC(=O)[C@@H](Sc2nnc(Cc3ccccc3F)n2N)c2ccccc2)c1. The van der Waals surface area contributed by atoms with Gasteiger partial charge in [0.1, 0.15) is 11.1 Å². The number of carbonyl (C=O) groups excluding carboxylic acids is 1. The largest absolute Gasteiger partial charge is 0.336 e. The molecule has 8 heteroatoms. The minimum atomic E-state index is -0.611.